The molecule has 2 aromatic rings. The van der Waals surface area contributed by atoms with Crippen LogP contribution >= 0.6 is 0 Å². The van der Waals surface area contributed by atoms with E-state index in [2.05, 4.69) is 35.8 Å². The Morgan fingerprint density at radius 2 is 1.83 bits per heavy atom. The Morgan fingerprint density at radius 3 is 2.57 bits per heavy atom. The highest BCUT2D eigenvalue weighted by Gasteiger charge is 2.04. The van der Waals surface area contributed by atoms with Crippen molar-refractivity contribution in [1.29, 1.82) is 0 Å². The first-order valence-corrected chi connectivity index (χ1v) is 7.72. The smallest absolute Gasteiger partial charge is 0.225 e. The first-order chi connectivity index (χ1) is 11.0. The zero-order valence-electron chi connectivity index (χ0n) is 13.6. The van der Waals surface area contributed by atoms with Gasteiger partial charge < -0.3 is 10.6 Å². The summed E-state index contributed by atoms with van der Waals surface area (Å²) in [5, 5.41) is 6.07. The zero-order valence-corrected chi connectivity index (χ0v) is 13.6. The van der Waals surface area contributed by atoms with Crippen molar-refractivity contribution in [3.8, 4) is 0 Å². The van der Waals surface area contributed by atoms with Crippen molar-refractivity contribution in [1.82, 2.24) is 5.32 Å². The second kappa shape index (κ2) is 8.25. The van der Waals surface area contributed by atoms with Crippen LogP contribution in [0.3, 0.4) is 0 Å². The summed E-state index contributed by atoms with van der Waals surface area (Å²) >= 11 is 0. The van der Waals surface area contributed by atoms with E-state index in [1.807, 2.05) is 6.07 Å². The van der Waals surface area contributed by atoms with Crippen LogP contribution in [0.15, 0.2) is 48.5 Å². The number of carbonyl (C=O) groups is 2. The normalized spacial score (nSPS) is 10.3. The fourth-order valence-corrected chi connectivity index (χ4v) is 2.30. The summed E-state index contributed by atoms with van der Waals surface area (Å²) in [6, 6.07) is 15.3. The number of aryl methyl sites for hydroxylation is 1. The molecule has 0 fully saturated rings. The van der Waals surface area contributed by atoms with Crippen LogP contribution in [0.1, 0.15) is 34.8 Å². The third-order valence-electron chi connectivity index (χ3n) is 3.49. The van der Waals surface area contributed by atoms with E-state index < -0.39 is 0 Å². The number of ketones is 1. The first kappa shape index (κ1) is 16.9. The molecular weight excluding hydrogens is 288 g/mol. The van der Waals surface area contributed by atoms with Gasteiger partial charge in [-0.3, -0.25) is 9.59 Å². The predicted octanol–water partition coefficient (Wildman–Crippen LogP) is 3.32. The largest absolute Gasteiger partial charge is 0.326 e. The highest BCUT2D eigenvalue weighted by molar-refractivity contribution is 5.97. The monoisotopic (exact) mass is 310 g/mol. The molecule has 0 aliphatic rings. The molecule has 4 nitrogen and oxygen atoms in total. The molecule has 0 saturated heterocycles. The third kappa shape index (κ3) is 5.68. The average molecular weight is 310 g/mol. The van der Waals surface area contributed by atoms with Crippen molar-refractivity contribution < 1.29 is 9.59 Å². The Labute approximate surface area is 136 Å². The van der Waals surface area contributed by atoms with E-state index in [1.54, 1.807) is 24.3 Å². The van der Waals surface area contributed by atoms with Gasteiger partial charge in [-0.1, -0.05) is 42.0 Å². The van der Waals surface area contributed by atoms with Crippen molar-refractivity contribution >= 4 is 17.4 Å². The maximum atomic E-state index is 11.9. The number of anilines is 1. The van der Waals surface area contributed by atoms with Crippen LogP contribution in [0.5, 0.6) is 0 Å². The first-order valence-electron chi connectivity index (χ1n) is 7.72. The molecule has 0 aromatic heterocycles. The Kier molecular flexibility index (Phi) is 6.06. The van der Waals surface area contributed by atoms with Crippen molar-refractivity contribution in [3.05, 3.63) is 65.2 Å². The van der Waals surface area contributed by atoms with Crippen LogP contribution in [0.4, 0.5) is 5.69 Å². The number of Topliss-reactive ketones (excluding diaryl/α,β-unsaturated/α-hetero) is 1. The van der Waals surface area contributed by atoms with Crippen molar-refractivity contribution in [2.45, 2.75) is 26.8 Å². The van der Waals surface area contributed by atoms with E-state index in [9.17, 15) is 9.59 Å². The lowest BCUT2D eigenvalue weighted by atomic mass is 10.1. The van der Waals surface area contributed by atoms with Gasteiger partial charge in [-0.05, 0) is 31.5 Å². The lowest BCUT2D eigenvalue weighted by Crippen LogP contribution is -2.21. The van der Waals surface area contributed by atoms with E-state index in [0.717, 1.165) is 6.54 Å². The molecule has 4 heteroatoms. The van der Waals surface area contributed by atoms with Crippen LogP contribution in [-0.4, -0.2) is 18.2 Å². The highest BCUT2D eigenvalue weighted by atomic mass is 16.1. The van der Waals surface area contributed by atoms with Crippen LogP contribution in [0, 0.1) is 6.92 Å². The highest BCUT2D eigenvalue weighted by Crippen LogP contribution is 2.11. The van der Waals surface area contributed by atoms with Gasteiger partial charge in [0.05, 0.1) is 0 Å². The summed E-state index contributed by atoms with van der Waals surface area (Å²) in [5.41, 5.74) is 3.69. The maximum Gasteiger partial charge on any atom is 0.225 e. The molecule has 0 unspecified atom stereocenters. The topological polar surface area (TPSA) is 58.2 Å². The van der Waals surface area contributed by atoms with E-state index in [-0.39, 0.29) is 11.7 Å². The Bertz CT molecular complexity index is 695. The molecule has 0 spiro atoms. The maximum absolute atomic E-state index is 11.9. The van der Waals surface area contributed by atoms with Gasteiger partial charge in [0, 0.05) is 30.8 Å². The van der Waals surface area contributed by atoms with E-state index in [0.29, 0.717) is 24.2 Å². The molecule has 0 aliphatic heterocycles. The minimum Gasteiger partial charge on any atom is -0.326 e. The minimum absolute atomic E-state index is 0.0130. The standard InChI is InChI=1S/C19H22N2O2/c1-14-5-3-6-16(11-14)13-20-10-9-19(23)21-18-8-4-7-17(12-18)15(2)22/h3-8,11-12,20H,9-10,13H2,1-2H3,(H,21,23). The van der Waals surface area contributed by atoms with Gasteiger partial charge >= 0.3 is 0 Å². The molecule has 2 N–H and O–H groups in total. The number of nitrogens with one attached hydrogen (secondary N) is 2. The molecule has 0 heterocycles. The fourth-order valence-electron chi connectivity index (χ4n) is 2.30. The second-order valence-corrected chi connectivity index (χ2v) is 5.60. The van der Waals surface area contributed by atoms with Crippen molar-refractivity contribution in [3.63, 3.8) is 0 Å². The predicted molar refractivity (Wildman–Crippen MR) is 92.6 cm³/mol. The lowest BCUT2D eigenvalue weighted by molar-refractivity contribution is -0.116. The second-order valence-electron chi connectivity index (χ2n) is 5.60. The Morgan fingerprint density at radius 1 is 1.04 bits per heavy atom. The summed E-state index contributed by atoms with van der Waals surface area (Å²) in [6.07, 6.45) is 0.385. The molecule has 2 aromatic carbocycles. The zero-order chi connectivity index (χ0) is 16.7. The van der Waals surface area contributed by atoms with E-state index in [1.165, 1.54) is 18.1 Å². The fraction of sp³-hybridized carbons (Fsp3) is 0.263. The Hall–Kier alpha value is -2.46. The number of benzene rings is 2. The molecular formula is C19H22N2O2. The number of hydrogen-bond acceptors (Lipinski definition) is 3. The molecule has 0 radical (unpaired) electrons. The molecule has 0 aliphatic carbocycles. The summed E-state index contributed by atoms with van der Waals surface area (Å²) in [5.74, 6) is -0.0802. The van der Waals surface area contributed by atoms with E-state index >= 15 is 0 Å². The van der Waals surface area contributed by atoms with Gasteiger partial charge in [-0.2, -0.15) is 0 Å². The van der Waals surface area contributed by atoms with Crippen LogP contribution in [0.25, 0.3) is 0 Å². The van der Waals surface area contributed by atoms with Crippen LogP contribution < -0.4 is 10.6 Å². The minimum atomic E-state index is -0.0672. The SMILES string of the molecule is CC(=O)c1cccc(NC(=O)CCNCc2cccc(C)c2)c1. The molecule has 1 amide bonds. The molecule has 23 heavy (non-hydrogen) atoms. The van der Waals surface area contributed by atoms with Gasteiger partial charge in [0.15, 0.2) is 5.78 Å². The Balaban J connectivity index is 1.75. The average Bonchev–Trinajstić information content (AvgIpc) is 2.52. The summed E-state index contributed by atoms with van der Waals surface area (Å²) in [7, 11) is 0. The summed E-state index contributed by atoms with van der Waals surface area (Å²) in [4.78, 5) is 23.3. The summed E-state index contributed by atoms with van der Waals surface area (Å²) < 4.78 is 0. The summed E-state index contributed by atoms with van der Waals surface area (Å²) in [6.45, 7) is 4.92. The number of rotatable bonds is 7. The quantitative estimate of drug-likeness (QED) is 0.609. The molecule has 0 saturated carbocycles. The van der Waals surface area contributed by atoms with Crippen molar-refractivity contribution in [2.75, 3.05) is 11.9 Å². The van der Waals surface area contributed by atoms with Gasteiger partial charge in [-0.15, -0.1) is 0 Å². The molecule has 0 bridgehead atoms. The lowest BCUT2D eigenvalue weighted by Gasteiger charge is -2.08. The van der Waals surface area contributed by atoms with Gasteiger partial charge in [-0.25, -0.2) is 0 Å². The number of hydrogen-bond donors (Lipinski definition) is 2. The van der Waals surface area contributed by atoms with Crippen LogP contribution in [0.2, 0.25) is 0 Å². The van der Waals surface area contributed by atoms with Gasteiger partial charge in [0.1, 0.15) is 0 Å². The third-order valence-corrected chi connectivity index (χ3v) is 3.49. The molecule has 120 valence electrons. The van der Waals surface area contributed by atoms with Gasteiger partial charge in [0.2, 0.25) is 5.91 Å². The number of amides is 1. The van der Waals surface area contributed by atoms with Crippen molar-refractivity contribution in [2.24, 2.45) is 0 Å². The van der Waals surface area contributed by atoms with E-state index in [4.69, 9.17) is 0 Å². The number of carbonyl (C=O) groups excluding carboxylic acids is 2. The molecule has 2 rings (SSSR count). The molecule has 0 atom stereocenters. The van der Waals surface area contributed by atoms with Gasteiger partial charge in [0.25, 0.3) is 0 Å². The van der Waals surface area contributed by atoms with Crippen LogP contribution in [-0.2, 0) is 11.3 Å².